The smallest absolute Gasteiger partial charge is 0.0637 e. The van der Waals surface area contributed by atoms with E-state index in [2.05, 4.69) is 42.3 Å². The molecule has 0 amide bonds. The lowest BCUT2D eigenvalue weighted by molar-refractivity contribution is 0.204. The first-order chi connectivity index (χ1) is 8.72. The van der Waals surface area contributed by atoms with E-state index < -0.39 is 0 Å². The van der Waals surface area contributed by atoms with Crippen molar-refractivity contribution < 1.29 is 4.74 Å². The fourth-order valence-electron chi connectivity index (χ4n) is 2.50. The van der Waals surface area contributed by atoms with Gasteiger partial charge in [-0.15, -0.1) is 0 Å². The van der Waals surface area contributed by atoms with E-state index in [1.807, 2.05) is 0 Å². The first kappa shape index (κ1) is 13.2. The highest BCUT2D eigenvalue weighted by molar-refractivity contribution is 5.63. The molecule has 0 aliphatic carbocycles. The number of nitrogens with zero attached hydrogens (tertiary/aromatic N) is 1. The van der Waals surface area contributed by atoms with Crippen LogP contribution in [-0.2, 0) is 11.2 Å². The SMILES string of the molecule is COCCN(c1ccc2c(c1)NCCC2)C(C)C. The predicted molar refractivity (Wildman–Crippen MR) is 77.6 cm³/mol. The maximum atomic E-state index is 5.20. The van der Waals surface area contributed by atoms with E-state index in [0.29, 0.717) is 6.04 Å². The Morgan fingerprint density at radius 2 is 2.22 bits per heavy atom. The molecule has 0 radical (unpaired) electrons. The van der Waals surface area contributed by atoms with Gasteiger partial charge in [0.15, 0.2) is 0 Å². The number of rotatable bonds is 5. The third kappa shape index (κ3) is 2.96. The number of aryl methyl sites for hydroxylation is 1. The van der Waals surface area contributed by atoms with E-state index in [9.17, 15) is 0 Å². The standard InChI is InChI=1S/C15H24N2O/c1-12(2)17(9-10-18-3)14-7-6-13-5-4-8-16-15(13)11-14/h6-7,11-12,16H,4-5,8-10H2,1-3H3. The summed E-state index contributed by atoms with van der Waals surface area (Å²) in [5.74, 6) is 0. The van der Waals surface area contributed by atoms with Gasteiger partial charge in [-0.25, -0.2) is 0 Å². The molecule has 0 fully saturated rings. The Morgan fingerprint density at radius 3 is 2.94 bits per heavy atom. The van der Waals surface area contributed by atoms with Gasteiger partial charge in [0.1, 0.15) is 0 Å². The molecule has 18 heavy (non-hydrogen) atoms. The Morgan fingerprint density at radius 1 is 1.39 bits per heavy atom. The van der Waals surface area contributed by atoms with E-state index >= 15 is 0 Å². The zero-order valence-corrected chi connectivity index (χ0v) is 11.7. The van der Waals surface area contributed by atoms with E-state index in [1.54, 1.807) is 7.11 Å². The van der Waals surface area contributed by atoms with Crippen molar-refractivity contribution in [2.24, 2.45) is 0 Å². The molecule has 1 aromatic carbocycles. The van der Waals surface area contributed by atoms with Crippen LogP contribution in [0.4, 0.5) is 11.4 Å². The van der Waals surface area contributed by atoms with Crippen LogP contribution >= 0.6 is 0 Å². The molecule has 3 heteroatoms. The third-order valence-corrected chi connectivity index (χ3v) is 3.52. The Bertz CT molecular complexity index is 390. The monoisotopic (exact) mass is 248 g/mol. The van der Waals surface area contributed by atoms with Gasteiger partial charge in [0.2, 0.25) is 0 Å². The highest BCUT2D eigenvalue weighted by Gasteiger charge is 2.14. The minimum atomic E-state index is 0.488. The van der Waals surface area contributed by atoms with Gasteiger partial charge in [-0.1, -0.05) is 6.07 Å². The second kappa shape index (κ2) is 6.10. The van der Waals surface area contributed by atoms with Crippen LogP contribution in [0.25, 0.3) is 0 Å². The maximum Gasteiger partial charge on any atom is 0.0637 e. The maximum absolute atomic E-state index is 5.20. The molecule has 0 saturated heterocycles. The Labute approximate surface area is 110 Å². The van der Waals surface area contributed by atoms with Crippen molar-refractivity contribution in [1.29, 1.82) is 0 Å². The zero-order valence-electron chi connectivity index (χ0n) is 11.7. The van der Waals surface area contributed by atoms with Crippen molar-refractivity contribution in [3.05, 3.63) is 23.8 Å². The van der Waals surface area contributed by atoms with Crippen LogP contribution < -0.4 is 10.2 Å². The minimum absolute atomic E-state index is 0.488. The average molecular weight is 248 g/mol. The molecule has 0 atom stereocenters. The van der Waals surface area contributed by atoms with Crippen LogP contribution in [0.5, 0.6) is 0 Å². The summed E-state index contributed by atoms with van der Waals surface area (Å²) in [5.41, 5.74) is 4.04. The van der Waals surface area contributed by atoms with Crippen LogP contribution in [0.15, 0.2) is 18.2 Å². The molecule has 0 bridgehead atoms. The Balaban J connectivity index is 2.19. The molecule has 1 N–H and O–H groups in total. The van der Waals surface area contributed by atoms with Crippen LogP contribution in [-0.4, -0.2) is 32.8 Å². The fraction of sp³-hybridized carbons (Fsp3) is 0.600. The highest BCUT2D eigenvalue weighted by atomic mass is 16.5. The molecular weight excluding hydrogens is 224 g/mol. The normalized spacial score (nSPS) is 14.2. The fourth-order valence-corrected chi connectivity index (χ4v) is 2.50. The molecule has 2 rings (SSSR count). The lowest BCUT2D eigenvalue weighted by Gasteiger charge is -2.30. The van der Waals surface area contributed by atoms with Gasteiger partial charge in [0, 0.05) is 37.6 Å². The van der Waals surface area contributed by atoms with E-state index in [4.69, 9.17) is 4.74 Å². The molecule has 3 nitrogen and oxygen atoms in total. The van der Waals surface area contributed by atoms with Gasteiger partial charge in [0.05, 0.1) is 6.61 Å². The summed E-state index contributed by atoms with van der Waals surface area (Å²) in [7, 11) is 1.76. The van der Waals surface area contributed by atoms with Crippen LogP contribution in [0.3, 0.4) is 0 Å². The Hall–Kier alpha value is -1.22. The van der Waals surface area contributed by atoms with Crippen molar-refractivity contribution in [2.75, 3.05) is 37.0 Å². The van der Waals surface area contributed by atoms with Gasteiger partial charge in [0.25, 0.3) is 0 Å². The number of nitrogens with one attached hydrogen (secondary N) is 1. The Kier molecular flexibility index (Phi) is 4.48. The summed E-state index contributed by atoms with van der Waals surface area (Å²) in [5, 5.41) is 3.49. The lowest BCUT2D eigenvalue weighted by Crippen LogP contribution is -2.34. The van der Waals surface area contributed by atoms with E-state index in [0.717, 1.165) is 19.7 Å². The topological polar surface area (TPSA) is 24.5 Å². The van der Waals surface area contributed by atoms with Gasteiger partial charge >= 0.3 is 0 Å². The number of anilines is 2. The van der Waals surface area contributed by atoms with Crippen molar-refractivity contribution in [2.45, 2.75) is 32.7 Å². The predicted octanol–water partition coefficient (Wildman–Crippen LogP) is 2.91. The summed E-state index contributed by atoms with van der Waals surface area (Å²) in [4.78, 5) is 2.39. The van der Waals surface area contributed by atoms with Crippen molar-refractivity contribution >= 4 is 11.4 Å². The van der Waals surface area contributed by atoms with Crippen molar-refractivity contribution in [3.63, 3.8) is 0 Å². The van der Waals surface area contributed by atoms with Crippen LogP contribution in [0, 0.1) is 0 Å². The summed E-state index contributed by atoms with van der Waals surface area (Å²) >= 11 is 0. The quantitative estimate of drug-likeness (QED) is 0.867. The number of hydrogen-bond acceptors (Lipinski definition) is 3. The van der Waals surface area contributed by atoms with Gasteiger partial charge < -0.3 is 15.0 Å². The van der Waals surface area contributed by atoms with Crippen LogP contribution in [0.1, 0.15) is 25.8 Å². The summed E-state index contributed by atoms with van der Waals surface area (Å²) in [6.07, 6.45) is 2.44. The molecule has 1 aliphatic rings. The zero-order chi connectivity index (χ0) is 13.0. The van der Waals surface area contributed by atoms with E-state index in [1.165, 1.54) is 29.8 Å². The van der Waals surface area contributed by atoms with Gasteiger partial charge in [-0.05, 0) is 44.4 Å². The van der Waals surface area contributed by atoms with Gasteiger partial charge in [-0.2, -0.15) is 0 Å². The number of benzene rings is 1. The lowest BCUT2D eigenvalue weighted by atomic mass is 10.0. The van der Waals surface area contributed by atoms with Crippen molar-refractivity contribution in [1.82, 2.24) is 0 Å². The molecule has 100 valence electrons. The second-order valence-electron chi connectivity index (χ2n) is 5.15. The third-order valence-electron chi connectivity index (χ3n) is 3.52. The van der Waals surface area contributed by atoms with E-state index in [-0.39, 0.29) is 0 Å². The first-order valence-electron chi connectivity index (χ1n) is 6.84. The molecule has 0 saturated carbocycles. The minimum Gasteiger partial charge on any atom is -0.385 e. The van der Waals surface area contributed by atoms with Crippen molar-refractivity contribution in [3.8, 4) is 0 Å². The molecule has 0 aromatic heterocycles. The molecule has 1 aromatic rings. The number of ether oxygens (including phenoxy) is 1. The van der Waals surface area contributed by atoms with Crippen LogP contribution in [0.2, 0.25) is 0 Å². The molecule has 0 unspecified atom stereocenters. The second-order valence-corrected chi connectivity index (χ2v) is 5.15. The molecular formula is C15H24N2O. The molecule has 0 spiro atoms. The number of fused-ring (bicyclic) bond motifs is 1. The molecule has 1 heterocycles. The number of hydrogen-bond donors (Lipinski definition) is 1. The average Bonchev–Trinajstić information content (AvgIpc) is 2.38. The first-order valence-corrected chi connectivity index (χ1v) is 6.84. The largest absolute Gasteiger partial charge is 0.385 e. The highest BCUT2D eigenvalue weighted by Crippen LogP contribution is 2.28. The summed E-state index contributed by atoms with van der Waals surface area (Å²) in [6, 6.07) is 7.27. The molecule has 1 aliphatic heterocycles. The number of methoxy groups -OCH3 is 1. The summed E-state index contributed by atoms with van der Waals surface area (Å²) < 4.78 is 5.20. The van der Waals surface area contributed by atoms with Gasteiger partial charge in [-0.3, -0.25) is 0 Å². The summed E-state index contributed by atoms with van der Waals surface area (Å²) in [6.45, 7) is 7.25.